The molecule has 0 radical (unpaired) electrons. The minimum Gasteiger partial charge on any atom is -0.339 e. The van der Waals surface area contributed by atoms with Crippen LogP contribution in [0.1, 0.15) is 34.3 Å². The van der Waals surface area contributed by atoms with Crippen molar-refractivity contribution < 1.29 is 4.79 Å². The Kier molecular flexibility index (Phi) is 5.73. The first-order valence-corrected chi connectivity index (χ1v) is 10.6. The smallest absolute Gasteiger partial charge is 0.257 e. The fourth-order valence-corrected chi connectivity index (χ4v) is 4.08. The van der Waals surface area contributed by atoms with Crippen molar-refractivity contribution in [2.75, 3.05) is 27.2 Å². The number of amides is 1. The van der Waals surface area contributed by atoms with Crippen LogP contribution in [0.3, 0.4) is 0 Å². The van der Waals surface area contributed by atoms with Crippen molar-refractivity contribution in [3.05, 3.63) is 71.4 Å². The first kappa shape index (κ1) is 20.4. The van der Waals surface area contributed by atoms with Crippen LogP contribution in [0.5, 0.6) is 0 Å². The van der Waals surface area contributed by atoms with Gasteiger partial charge in [0, 0.05) is 24.8 Å². The van der Waals surface area contributed by atoms with Gasteiger partial charge >= 0.3 is 0 Å². The monoisotopic (exact) mass is 402 g/mol. The molecule has 1 aliphatic heterocycles. The third kappa shape index (κ3) is 4.03. The van der Waals surface area contributed by atoms with Crippen molar-refractivity contribution in [2.45, 2.75) is 32.7 Å². The van der Waals surface area contributed by atoms with Crippen LogP contribution in [0, 0.1) is 13.8 Å². The molecular weight excluding hydrogens is 372 g/mol. The van der Waals surface area contributed by atoms with Crippen LogP contribution in [0.25, 0.3) is 16.9 Å². The number of rotatable bonds is 4. The fraction of sp³-hybridized carbons (Fsp3) is 0.360. The molecule has 2 heterocycles. The van der Waals surface area contributed by atoms with Crippen LogP contribution in [0.15, 0.2) is 54.7 Å². The molecule has 0 unspecified atom stereocenters. The predicted molar refractivity (Wildman–Crippen MR) is 121 cm³/mol. The minimum atomic E-state index is 0.0416. The summed E-state index contributed by atoms with van der Waals surface area (Å²) in [6.07, 6.45) is 3.89. The lowest BCUT2D eigenvalue weighted by Gasteiger charge is -2.35. The summed E-state index contributed by atoms with van der Waals surface area (Å²) in [6.45, 7) is 6.24. The van der Waals surface area contributed by atoms with Crippen molar-refractivity contribution >= 4 is 5.91 Å². The molecule has 1 saturated heterocycles. The Morgan fingerprint density at radius 3 is 2.40 bits per heavy atom. The molecule has 1 aromatic heterocycles. The van der Waals surface area contributed by atoms with E-state index in [0.29, 0.717) is 5.56 Å². The molecule has 0 N–H and O–H groups in total. The van der Waals surface area contributed by atoms with Crippen molar-refractivity contribution in [1.82, 2.24) is 19.6 Å². The topological polar surface area (TPSA) is 41.4 Å². The summed E-state index contributed by atoms with van der Waals surface area (Å²) in [5.74, 6) is 0.0416. The number of hydrogen-bond donors (Lipinski definition) is 0. The van der Waals surface area contributed by atoms with E-state index in [1.165, 1.54) is 11.1 Å². The highest BCUT2D eigenvalue weighted by atomic mass is 16.2. The van der Waals surface area contributed by atoms with Crippen molar-refractivity contribution in [2.24, 2.45) is 0 Å². The lowest BCUT2D eigenvalue weighted by Crippen LogP contribution is -2.44. The molecule has 0 bridgehead atoms. The third-order valence-electron chi connectivity index (χ3n) is 6.30. The van der Waals surface area contributed by atoms with Crippen molar-refractivity contribution in [3.8, 4) is 16.9 Å². The molecule has 0 saturated carbocycles. The Labute approximate surface area is 178 Å². The van der Waals surface area contributed by atoms with Crippen molar-refractivity contribution in [1.29, 1.82) is 0 Å². The predicted octanol–water partition coefficient (Wildman–Crippen LogP) is 4.32. The van der Waals surface area contributed by atoms with E-state index in [1.807, 2.05) is 53.2 Å². The highest BCUT2D eigenvalue weighted by Crippen LogP contribution is 2.28. The number of para-hydroxylation sites is 1. The van der Waals surface area contributed by atoms with Gasteiger partial charge in [0.1, 0.15) is 5.69 Å². The van der Waals surface area contributed by atoms with Gasteiger partial charge in [-0.1, -0.05) is 30.3 Å². The second-order valence-electron chi connectivity index (χ2n) is 8.42. The quantitative estimate of drug-likeness (QED) is 0.653. The number of aromatic nitrogens is 2. The third-order valence-corrected chi connectivity index (χ3v) is 6.30. The van der Waals surface area contributed by atoms with Gasteiger partial charge in [-0.15, -0.1) is 0 Å². The Bertz CT molecular complexity index is 1030. The standard InChI is InChI=1S/C25H30N4O/c1-18-10-11-20(16-19(18)2)24-23(17-29(26-24)22-8-6-5-7-9-22)25(30)28(4)21-12-14-27(3)15-13-21/h5-11,16-17,21H,12-15H2,1-4H3. The lowest BCUT2D eigenvalue weighted by atomic mass is 10.00. The van der Waals surface area contributed by atoms with E-state index in [0.717, 1.165) is 42.9 Å². The van der Waals surface area contributed by atoms with Gasteiger partial charge in [-0.3, -0.25) is 4.79 Å². The normalized spacial score (nSPS) is 15.3. The summed E-state index contributed by atoms with van der Waals surface area (Å²) in [5.41, 5.74) is 5.76. The molecule has 30 heavy (non-hydrogen) atoms. The van der Waals surface area contributed by atoms with Gasteiger partial charge < -0.3 is 9.80 Å². The maximum atomic E-state index is 13.6. The van der Waals surface area contributed by atoms with Gasteiger partial charge in [0.25, 0.3) is 5.91 Å². The molecule has 0 atom stereocenters. The molecule has 2 aromatic carbocycles. The van der Waals surface area contributed by atoms with E-state index in [-0.39, 0.29) is 11.9 Å². The van der Waals surface area contributed by atoms with Gasteiger partial charge in [-0.25, -0.2) is 4.68 Å². The molecule has 156 valence electrons. The number of benzene rings is 2. The van der Waals surface area contributed by atoms with Crippen LogP contribution < -0.4 is 0 Å². The van der Waals surface area contributed by atoms with Crippen LogP contribution >= 0.6 is 0 Å². The van der Waals surface area contributed by atoms with Gasteiger partial charge in [-0.05, 0) is 76.2 Å². The second-order valence-corrected chi connectivity index (χ2v) is 8.42. The van der Waals surface area contributed by atoms with Gasteiger partial charge in [-0.2, -0.15) is 5.10 Å². The molecule has 5 nitrogen and oxygen atoms in total. The van der Waals surface area contributed by atoms with Crippen LogP contribution in [0.2, 0.25) is 0 Å². The number of likely N-dealkylation sites (tertiary alicyclic amines) is 1. The molecule has 5 heteroatoms. The van der Waals surface area contributed by atoms with Crippen LogP contribution in [0.4, 0.5) is 0 Å². The average Bonchev–Trinajstić information content (AvgIpc) is 3.21. The first-order chi connectivity index (χ1) is 14.4. The van der Waals surface area contributed by atoms with E-state index in [9.17, 15) is 4.79 Å². The largest absolute Gasteiger partial charge is 0.339 e. The summed E-state index contributed by atoms with van der Waals surface area (Å²) in [5, 5.41) is 4.84. The second kappa shape index (κ2) is 8.44. The SMILES string of the molecule is Cc1ccc(-c2nn(-c3ccccc3)cc2C(=O)N(C)C2CCN(C)CC2)cc1C. The van der Waals surface area contributed by atoms with E-state index in [2.05, 4.69) is 44.0 Å². The lowest BCUT2D eigenvalue weighted by molar-refractivity contribution is 0.0660. The molecule has 0 spiro atoms. The summed E-state index contributed by atoms with van der Waals surface area (Å²) in [6, 6.07) is 16.5. The average molecular weight is 403 g/mol. The molecule has 1 fully saturated rings. The zero-order chi connectivity index (χ0) is 21.3. The molecule has 3 aromatic rings. The maximum absolute atomic E-state index is 13.6. The molecular formula is C25H30N4O. The van der Waals surface area contributed by atoms with E-state index < -0.39 is 0 Å². The zero-order valence-electron chi connectivity index (χ0n) is 18.3. The molecule has 1 amide bonds. The van der Waals surface area contributed by atoms with E-state index >= 15 is 0 Å². The Morgan fingerprint density at radius 2 is 1.73 bits per heavy atom. The number of carbonyl (C=O) groups is 1. The fourth-order valence-electron chi connectivity index (χ4n) is 4.08. The Morgan fingerprint density at radius 1 is 1.03 bits per heavy atom. The number of carbonyl (C=O) groups excluding carboxylic acids is 1. The first-order valence-electron chi connectivity index (χ1n) is 10.6. The highest BCUT2D eigenvalue weighted by Gasteiger charge is 2.28. The van der Waals surface area contributed by atoms with Crippen LogP contribution in [-0.2, 0) is 0 Å². The molecule has 1 aliphatic rings. The van der Waals surface area contributed by atoms with E-state index in [1.54, 1.807) is 0 Å². The van der Waals surface area contributed by atoms with Gasteiger partial charge in [0.05, 0.1) is 11.3 Å². The molecule has 0 aliphatic carbocycles. The summed E-state index contributed by atoms with van der Waals surface area (Å²) < 4.78 is 1.82. The molecule has 4 rings (SSSR count). The van der Waals surface area contributed by atoms with E-state index in [4.69, 9.17) is 5.10 Å². The van der Waals surface area contributed by atoms with Crippen molar-refractivity contribution in [3.63, 3.8) is 0 Å². The number of piperidine rings is 1. The number of aryl methyl sites for hydroxylation is 2. The Hall–Kier alpha value is -2.92. The number of nitrogens with zero attached hydrogens (tertiary/aromatic N) is 4. The minimum absolute atomic E-state index is 0.0416. The maximum Gasteiger partial charge on any atom is 0.257 e. The Balaban J connectivity index is 1.74. The summed E-state index contributed by atoms with van der Waals surface area (Å²) in [7, 11) is 4.07. The number of hydrogen-bond acceptors (Lipinski definition) is 3. The summed E-state index contributed by atoms with van der Waals surface area (Å²) >= 11 is 0. The van der Waals surface area contributed by atoms with Gasteiger partial charge in [0.2, 0.25) is 0 Å². The van der Waals surface area contributed by atoms with Gasteiger partial charge in [0.15, 0.2) is 0 Å². The van der Waals surface area contributed by atoms with Crippen LogP contribution in [-0.4, -0.2) is 58.7 Å². The zero-order valence-corrected chi connectivity index (χ0v) is 18.3. The highest BCUT2D eigenvalue weighted by molar-refractivity contribution is 6.00. The summed E-state index contributed by atoms with van der Waals surface area (Å²) in [4.78, 5) is 17.8.